The quantitative estimate of drug-likeness (QED) is 0.578. The highest BCUT2D eigenvalue weighted by molar-refractivity contribution is 5.94. The molecule has 2 aromatic heterocycles. The van der Waals surface area contributed by atoms with Gasteiger partial charge in [-0.05, 0) is 69.2 Å². The van der Waals surface area contributed by atoms with Crippen molar-refractivity contribution < 1.29 is 4.79 Å². The van der Waals surface area contributed by atoms with E-state index in [1.54, 1.807) is 10.6 Å². The van der Waals surface area contributed by atoms with Crippen LogP contribution in [0.25, 0.3) is 5.65 Å². The summed E-state index contributed by atoms with van der Waals surface area (Å²) in [5.74, 6) is 0.939. The number of fused-ring (bicyclic) bond motifs is 1. The van der Waals surface area contributed by atoms with E-state index in [4.69, 9.17) is 16.5 Å². The van der Waals surface area contributed by atoms with Crippen molar-refractivity contribution in [3.05, 3.63) is 47.8 Å². The number of amides is 1. The van der Waals surface area contributed by atoms with Crippen LogP contribution in [0.15, 0.2) is 36.5 Å². The number of imidazole rings is 1. The Hall–Kier alpha value is -3.13. The maximum absolute atomic E-state index is 12.7. The van der Waals surface area contributed by atoms with Gasteiger partial charge in [-0.3, -0.25) is 4.79 Å². The van der Waals surface area contributed by atoms with Gasteiger partial charge in [-0.25, -0.2) is 9.50 Å². The number of likely N-dealkylation sites (tertiary alicyclic amines) is 1. The Balaban J connectivity index is 1.35. The summed E-state index contributed by atoms with van der Waals surface area (Å²) < 4.78 is 1.76. The molecule has 1 aromatic carbocycles. The zero-order valence-corrected chi connectivity index (χ0v) is 18.3. The van der Waals surface area contributed by atoms with Crippen LogP contribution in [0, 0.1) is 0 Å². The summed E-state index contributed by atoms with van der Waals surface area (Å²) >= 11 is 0. The van der Waals surface area contributed by atoms with Crippen LogP contribution in [0.5, 0.6) is 0 Å². The number of aromatic nitrogens is 3. The van der Waals surface area contributed by atoms with Gasteiger partial charge in [0.25, 0.3) is 5.91 Å². The molecule has 1 amide bonds. The number of benzene rings is 1. The van der Waals surface area contributed by atoms with E-state index >= 15 is 0 Å². The number of anilines is 3. The lowest BCUT2D eigenvalue weighted by Gasteiger charge is -2.26. The topological polar surface area (TPSA) is 115 Å². The Kier molecular flexibility index (Phi) is 5.70. The molecule has 1 aliphatic heterocycles. The number of piperidine rings is 1. The SMILES string of the molecule is Nc1cc(Nc2ccc(C(=O)N3CCCCC3)cc2)c2nc([C@H]3CC[C@H](N)CC3)cn2n1. The van der Waals surface area contributed by atoms with E-state index in [0.29, 0.717) is 17.8 Å². The first-order valence-electron chi connectivity index (χ1n) is 11.6. The van der Waals surface area contributed by atoms with Crippen LogP contribution in [0.4, 0.5) is 17.2 Å². The molecule has 0 unspecified atom stereocenters. The van der Waals surface area contributed by atoms with Crippen LogP contribution in [0.1, 0.15) is 66.9 Å². The zero-order chi connectivity index (χ0) is 22.1. The standard InChI is InChI=1S/C24H31N7O/c25-18-8-4-16(5-9-18)21-15-31-23(28-21)20(14-22(26)29-31)27-19-10-6-17(7-11-19)24(32)30-12-2-1-3-13-30/h6-7,10-11,14-16,18,27H,1-5,8-9,12-13,25H2,(H2,26,29)/t16-,18-. The van der Waals surface area contributed by atoms with Gasteiger partial charge in [0.05, 0.1) is 17.6 Å². The van der Waals surface area contributed by atoms with Crippen molar-refractivity contribution in [2.75, 3.05) is 24.1 Å². The summed E-state index contributed by atoms with van der Waals surface area (Å²) in [4.78, 5) is 19.6. The van der Waals surface area contributed by atoms with E-state index in [1.165, 1.54) is 6.42 Å². The largest absolute Gasteiger partial charge is 0.382 e. The molecule has 1 aliphatic carbocycles. The molecule has 0 atom stereocenters. The van der Waals surface area contributed by atoms with Gasteiger partial charge >= 0.3 is 0 Å². The fourth-order valence-corrected chi connectivity index (χ4v) is 4.85. The summed E-state index contributed by atoms with van der Waals surface area (Å²) in [6.45, 7) is 1.70. The van der Waals surface area contributed by atoms with Crippen molar-refractivity contribution in [2.45, 2.75) is 56.9 Å². The molecule has 1 saturated heterocycles. The summed E-state index contributed by atoms with van der Waals surface area (Å²) in [5.41, 5.74) is 16.3. The normalized spacial score (nSPS) is 21.6. The molecule has 168 valence electrons. The average Bonchev–Trinajstić information content (AvgIpc) is 3.24. The zero-order valence-electron chi connectivity index (χ0n) is 18.3. The number of nitrogens with one attached hydrogen (secondary N) is 1. The van der Waals surface area contributed by atoms with Crippen molar-refractivity contribution in [1.29, 1.82) is 0 Å². The first kappa shape index (κ1) is 20.8. The van der Waals surface area contributed by atoms with Gasteiger partial charge in [0, 0.05) is 42.4 Å². The lowest BCUT2D eigenvalue weighted by atomic mass is 9.85. The smallest absolute Gasteiger partial charge is 0.253 e. The van der Waals surface area contributed by atoms with E-state index in [0.717, 1.165) is 79.9 Å². The second-order valence-electron chi connectivity index (χ2n) is 9.08. The molecule has 8 nitrogen and oxygen atoms in total. The average molecular weight is 434 g/mol. The molecule has 2 aliphatic rings. The molecule has 2 fully saturated rings. The number of nitrogens with two attached hydrogens (primary N) is 2. The fourth-order valence-electron chi connectivity index (χ4n) is 4.85. The number of hydrogen-bond acceptors (Lipinski definition) is 6. The Labute approximate surface area is 188 Å². The van der Waals surface area contributed by atoms with Crippen LogP contribution in [-0.2, 0) is 0 Å². The van der Waals surface area contributed by atoms with Gasteiger partial charge in [0.2, 0.25) is 0 Å². The molecular weight excluding hydrogens is 402 g/mol. The third-order valence-electron chi connectivity index (χ3n) is 6.71. The highest BCUT2D eigenvalue weighted by Crippen LogP contribution is 2.33. The molecule has 3 heterocycles. The number of carbonyl (C=O) groups excluding carboxylic acids is 1. The van der Waals surface area contributed by atoms with E-state index in [2.05, 4.69) is 10.4 Å². The van der Waals surface area contributed by atoms with Gasteiger partial charge in [0.15, 0.2) is 5.65 Å². The molecule has 1 saturated carbocycles. The number of carbonyl (C=O) groups is 1. The van der Waals surface area contributed by atoms with Crippen molar-refractivity contribution in [1.82, 2.24) is 19.5 Å². The molecular formula is C24H31N7O. The molecule has 5 N–H and O–H groups in total. The van der Waals surface area contributed by atoms with Gasteiger partial charge in [-0.15, -0.1) is 5.10 Å². The second kappa shape index (κ2) is 8.78. The predicted octanol–water partition coefficient (Wildman–Crippen LogP) is 3.67. The van der Waals surface area contributed by atoms with Crippen molar-refractivity contribution in [2.24, 2.45) is 5.73 Å². The molecule has 0 spiro atoms. The Morgan fingerprint density at radius 3 is 2.47 bits per heavy atom. The monoisotopic (exact) mass is 433 g/mol. The molecule has 0 bridgehead atoms. The van der Waals surface area contributed by atoms with Crippen LogP contribution in [-0.4, -0.2) is 44.5 Å². The molecule has 5 rings (SSSR count). The minimum atomic E-state index is 0.108. The maximum Gasteiger partial charge on any atom is 0.253 e. The van der Waals surface area contributed by atoms with Crippen LogP contribution < -0.4 is 16.8 Å². The van der Waals surface area contributed by atoms with Crippen LogP contribution >= 0.6 is 0 Å². The van der Waals surface area contributed by atoms with Crippen LogP contribution in [0.2, 0.25) is 0 Å². The summed E-state index contributed by atoms with van der Waals surface area (Å²) in [7, 11) is 0. The molecule has 0 radical (unpaired) electrons. The minimum Gasteiger partial charge on any atom is -0.382 e. The highest BCUT2D eigenvalue weighted by atomic mass is 16.2. The predicted molar refractivity (Wildman–Crippen MR) is 126 cm³/mol. The van der Waals surface area contributed by atoms with E-state index < -0.39 is 0 Å². The Bertz CT molecular complexity index is 1090. The first-order chi connectivity index (χ1) is 15.6. The maximum atomic E-state index is 12.7. The van der Waals surface area contributed by atoms with Gasteiger partial charge < -0.3 is 21.7 Å². The number of rotatable bonds is 4. The first-order valence-corrected chi connectivity index (χ1v) is 11.6. The summed E-state index contributed by atoms with van der Waals surface area (Å²) in [6.07, 6.45) is 9.53. The van der Waals surface area contributed by atoms with E-state index in [9.17, 15) is 4.79 Å². The third-order valence-corrected chi connectivity index (χ3v) is 6.71. The van der Waals surface area contributed by atoms with Gasteiger partial charge in [-0.2, -0.15) is 0 Å². The lowest BCUT2D eigenvalue weighted by molar-refractivity contribution is 0.0724. The molecule has 8 heteroatoms. The molecule has 3 aromatic rings. The van der Waals surface area contributed by atoms with E-state index in [1.807, 2.05) is 35.4 Å². The van der Waals surface area contributed by atoms with Gasteiger partial charge in [-0.1, -0.05) is 0 Å². The third kappa shape index (κ3) is 4.27. The number of hydrogen-bond donors (Lipinski definition) is 3. The van der Waals surface area contributed by atoms with Crippen LogP contribution in [0.3, 0.4) is 0 Å². The molecule has 32 heavy (non-hydrogen) atoms. The fraction of sp³-hybridized carbons (Fsp3) is 0.458. The highest BCUT2D eigenvalue weighted by Gasteiger charge is 2.23. The minimum absolute atomic E-state index is 0.108. The number of nitrogens with zero attached hydrogens (tertiary/aromatic N) is 4. The Morgan fingerprint density at radius 1 is 1.03 bits per heavy atom. The number of nitrogen functional groups attached to an aromatic ring is 1. The van der Waals surface area contributed by atoms with E-state index in [-0.39, 0.29) is 5.91 Å². The second-order valence-corrected chi connectivity index (χ2v) is 9.08. The summed E-state index contributed by atoms with van der Waals surface area (Å²) in [5, 5.41) is 7.82. The van der Waals surface area contributed by atoms with Crippen molar-refractivity contribution in [3.63, 3.8) is 0 Å². The Morgan fingerprint density at radius 2 is 1.75 bits per heavy atom. The van der Waals surface area contributed by atoms with Crippen molar-refractivity contribution >= 4 is 28.7 Å². The van der Waals surface area contributed by atoms with Crippen molar-refractivity contribution in [3.8, 4) is 0 Å². The summed E-state index contributed by atoms with van der Waals surface area (Å²) in [6, 6.07) is 9.72. The van der Waals surface area contributed by atoms with Gasteiger partial charge in [0.1, 0.15) is 5.82 Å². The lowest BCUT2D eigenvalue weighted by Crippen LogP contribution is -2.35.